The third-order valence-electron chi connectivity index (χ3n) is 2.46. The zero-order chi connectivity index (χ0) is 12.6. The molecule has 3 atom stereocenters. The number of rotatable bonds is 8. The third kappa shape index (κ3) is 4.61. The molecule has 0 aromatic rings. The van der Waals surface area contributed by atoms with Crippen molar-refractivity contribution in [1.82, 2.24) is 5.32 Å². The minimum absolute atomic E-state index is 0.0631. The van der Waals surface area contributed by atoms with Crippen LogP contribution in [-0.4, -0.2) is 36.2 Å². The van der Waals surface area contributed by atoms with Crippen LogP contribution in [0.15, 0.2) is 0 Å². The van der Waals surface area contributed by atoms with Gasteiger partial charge in [0.2, 0.25) is 6.41 Å². The van der Waals surface area contributed by atoms with Crippen LogP contribution in [0.1, 0.15) is 33.6 Å². The summed E-state index contributed by atoms with van der Waals surface area (Å²) in [4.78, 5) is 21.9. The van der Waals surface area contributed by atoms with Crippen LogP contribution >= 0.6 is 0 Å². The first-order valence-corrected chi connectivity index (χ1v) is 5.62. The summed E-state index contributed by atoms with van der Waals surface area (Å²) >= 11 is 0. The monoisotopic (exact) mass is 231 g/mol. The largest absolute Gasteiger partial charge is 0.464 e. The number of carbonyl (C=O) groups is 2. The van der Waals surface area contributed by atoms with Crippen LogP contribution in [0.3, 0.4) is 0 Å². The summed E-state index contributed by atoms with van der Waals surface area (Å²) < 4.78 is 4.79. The summed E-state index contributed by atoms with van der Waals surface area (Å²) in [5.41, 5.74) is 0. The maximum atomic E-state index is 11.5. The van der Waals surface area contributed by atoms with Crippen LogP contribution in [0.5, 0.6) is 0 Å². The summed E-state index contributed by atoms with van der Waals surface area (Å²) in [6, 6.07) is -0.973. The van der Waals surface area contributed by atoms with Crippen LogP contribution in [0.2, 0.25) is 0 Å². The first-order chi connectivity index (χ1) is 7.58. The molecule has 0 saturated carbocycles. The Morgan fingerprint density at radius 1 is 1.50 bits per heavy atom. The Morgan fingerprint density at radius 3 is 2.56 bits per heavy atom. The Hall–Kier alpha value is -1.10. The fourth-order valence-corrected chi connectivity index (χ4v) is 1.57. The van der Waals surface area contributed by atoms with Gasteiger partial charge in [-0.25, -0.2) is 4.79 Å². The minimum Gasteiger partial charge on any atom is -0.464 e. The van der Waals surface area contributed by atoms with Gasteiger partial charge in [-0.05, 0) is 19.3 Å². The second kappa shape index (κ2) is 8.10. The number of esters is 1. The van der Waals surface area contributed by atoms with Gasteiger partial charge >= 0.3 is 5.97 Å². The number of nitrogens with one attached hydrogen (secondary N) is 1. The molecule has 94 valence electrons. The van der Waals surface area contributed by atoms with E-state index in [1.54, 1.807) is 6.92 Å². The molecule has 0 aromatic carbocycles. The van der Waals surface area contributed by atoms with Crippen molar-refractivity contribution in [2.75, 3.05) is 6.61 Å². The fraction of sp³-hybridized carbons (Fsp3) is 0.818. The zero-order valence-corrected chi connectivity index (χ0v) is 10.1. The van der Waals surface area contributed by atoms with E-state index in [1.807, 2.05) is 13.8 Å². The normalized spacial score (nSPS) is 16.0. The van der Waals surface area contributed by atoms with Crippen molar-refractivity contribution in [3.8, 4) is 0 Å². The highest BCUT2D eigenvalue weighted by atomic mass is 16.5. The second-order valence-corrected chi connectivity index (χ2v) is 3.77. The van der Waals surface area contributed by atoms with E-state index >= 15 is 0 Å². The van der Waals surface area contributed by atoms with Crippen molar-refractivity contribution in [3.63, 3.8) is 0 Å². The van der Waals surface area contributed by atoms with Crippen LogP contribution in [-0.2, 0) is 14.3 Å². The molecular formula is C11H21NO4. The van der Waals surface area contributed by atoms with E-state index < -0.39 is 18.1 Å². The van der Waals surface area contributed by atoms with E-state index in [0.29, 0.717) is 6.41 Å². The molecule has 0 aliphatic rings. The summed E-state index contributed by atoms with van der Waals surface area (Å²) in [7, 11) is 0. The van der Waals surface area contributed by atoms with E-state index in [0.717, 1.165) is 12.8 Å². The highest BCUT2D eigenvalue weighted by Crippen LogP contribution is 2.14. The Morgan fingerprint density at radius 2 is 2.12 bits per heavy atom. The molecule has 16 heavy (non-hydrogen) atoms. The molecule has 0 aromatic heterocycles. The Kier molecular flexibility index (Phi) is 7.54. The average Bonchev–Trinajstić information content (AvgIpc) is 2.25. The van der Waals surface area contributed by atoms with E-state index in [1.165, 1.54) is 0 Å². The Bertz CT molecular complexity index is 220. The van der Waals surface area contributed by atoms with Gasteiger partial charge in [-0.2, -0.15) is 0 Å². The molecule has 0 fully saturated rings. The molecule has 2 N–H and O–H groups in total. The van der Waals surface area contributed by atoms with Crippen LogP contribution < -0.4 is 5.32 Å². The van der Waals surface area contributed by atoms with E-state index in [9.17, 15) is 14.7 Å². The maximum absolute atomic E-state index is 11.5. The summed E-state index contributed by atoms with van der Waals surface area (Å²) in [6.45, 7) is 5.74. The Labute approximate surface area is 96.2 Å². The lowest BCUT2D eigenvalue weighted by Gasteiger charge is -2.25. The molecule has 0 rings (SSSR count). The second-order valence-electron chi connectivity index (χ2n) is 3.77. The van der Waals surface area contributed by atoms with Gasteiger partial charge in [0.05, 0.1) is 12.7 Å². The van der Waals surface area contributed by atoms with E-state index in [2.05, 4.69) is 5.32 Å². The van der Waals surface area contributed by atoms with Crippen LogP contribution in [0, 0.1) is 5.92 Å². The quantitative estimate of drug-likeness (QED) is 0.470. The summed E-state index contributed by atoms with van der Waals surface area (Å²) in [5, 5.41) is 12.2. The van der Waals surface area contributed by atoms with Crippen molar-refractivity contribution in [2.24, 2.45) is 5.92 Å². The molecule has 1 amide bonds. The molecule has 0 aliphatic heterocycles. The smallest absolute Gasteiger partial charge is 0.331 e. The number of ether oxygens (including phenoxy) is 1. The van der Waals surface area contributed by atoms with Crippen molar-refractivity contribution >= 4 is 12.4 Å². The standard InChI is InChI=1S/C11H21NO4/c1-4-6-8(3)10(14)9(12-7-13)11(15)16-5-2/h7-10,14H,4-6H2,1-3H3,(H,12,13). The molecule has 3 unspecified atom stereocenters. The Balaban J connectivity index is 4.49. The molecule has 0 aliphatic carbocycles. The van der Waals surface area contributed by atoms with Gasteiger partial charge in [-0.15, -0.1) is 0 Å². The lowest BCUT2D eigenvalue weighted by atomic mass is 9.94. The molecule has 0 heterocycles. The number of carbonyl (C=O) groups excluding carboxylic acids is 2. The first kappa shape index (κ1) is 14.9. The molecular weight excluding hydrogens is 210 g/mol. The minimum atomic E-state index is -0.973. The molecule has 5 heteroatoms. The molecule has 0 radical (unpaired) electrons. The lowest BCUT2D eigenvalue weighted by molar-refractivity contribution is -0.150. The van der Waals surface area contributed by atoms with Gasteiger partial charge in [0.25, 0.3) is 0 Å². The number of hydrogen-bond donors (Lipinski definition) is 2. The predicted molar refractivity (Wildman–Crippen MR) is 59.7 cm³/mol. The zero-order valence-electron chi connectivity index (χ0n) is 10.1. The van der Waals surface area contributed by atoms with Crippen molar-refractivity contribution < 1.29 is 19.4 Å². The van der Waals surface area contributed by atoms with Crippen molar-refractivity contribution in [2.45, 2.75) is 45.8 Å². The van der Waals surface area contributed by atoms with Crippen molar-refractivity contribution in [1.29, 1.82) is 0 Å². The van der Waals surface area contributed by atoms with Gasteiger partial charge in [0.1, 0.15) is 0 Å². The lowest BCUT2D eigenvalue weighted by Crippen LogP contribution is -2.49. The fourth-order valence-electron chi connectivity index (χ4n) is 1.57. The molecule has 5 nitrogen and oxygen atoms in total. The van der Waals surface area contributed by atoms with Gasteiger partial charge in [0, 0.05) is 0 Å². The van der Waals surface area contributed by atoms with Crippen molar-refractivity contribution in [3.05, 3.63) is 0 Å². The molecule has 0 saturated heterocycles. The number of amides is 1. The van der Waals surface area contributed by atoms with Gasteiger partial charge in [-0.1, -0.05) is 20.3 Å². The summed E-state index contributed by atoms with van der Waals surface area (Å²) in [6.07, 6.45) is 1.19. The SMILES string of the molecule is CCCC(C)C(O)C(NC=O)C(=O)OCC. The number of aliphatic hydroxyl groups is 1. The molecule has 0 bridgehead atoms. The summed E-state index contributed by atoms with van der Waals surface area (Å²) in [5.74, 6) is -0.656. The van der Waals surface area contributed by atoms with Crippen LogP contribution in [0.4, 0.5) is 0 Å². The topological polar surface area (TPSA) is 75.6 Å². The number of hydrogen-bond acceptors (Lipinski definition) is 4. The number of aliphatic hydroxyl groups excluding tert-OH is 1. The maximum Gasteiger partial charge on any atom is 0.331 e. The average molecular weight is 231 g/mol. The molecule has 0 spiro atoms. The highest BCUT2D eigenvalue weighted by Gasteiger charge is 2.31. The highest BCUT2D eigenvalue weighted by molar-refractivity contribution is 5.79. The first-order valence-electron chi connectivity index (χ1n) is 5.62. The third-order valence-corrected chi connectivity index (χ3v) is 2.46. The van der Waals surface area contributed by atoms with E-state index in [-0.39, 0.29) is 12.5 Å². The predicted octanol–water partition coefficient (Wildman–Crippen LogP) is 0.461. The van der Waals surface area contributed by atoms with Gasteiger partial charge in [0.15, 0.2) is 6.04 Å². The van der Waals surface area contributed by atoms with E-state index in [4.69, 9.17) is 4.74 Å². The van der Waals surface area contributed by atoms with Crippen LogP contribution in [0.25, 0.3) is 0 Å². The van der Waals surface area contributed by atoms with Gasteiger partial charge in [-0.3, -0.25) is 4.79 Å². The van der Waals surface area contributed by atoms with Gasteiger partial charge < -0.3 is 15.2 Å².